The van der Waals surface area contributed by atoms with E-state index in [4.69, 9.17) is 10.5 Å². The highest BCUT2D eigenvalue weighted by Crippen LogP contribution is 2.40. The van der Waals surface area contributed by atoms with Crippen molar-refractivity contribution in [1.82, 2.24) is 0 Å². The molecule has 3 rings (SSSR count). The zero-order valence-corrected chi connectivity index (χ0v) is 11.6. The van der Waals surface area contributed by atoms with Gasteiger partial charge in [0.15, 0.2) is 11.6 Å². The van der Waals surface area contributed by atoms with Crippen molar-refractivity contribution in [2.75, 3.05) is 13.2 Å². The molecule has 0 amide bonds. The second kappa shape index (κ2) is 5.45. The number of halogens is 2. The van der Waals surface area contributed by atoms with Gasteiger partial charge >= 0.3 is 0 Å². The van der Waals surface area contributed by atoms with Crippen LogP contribution in [0.1, 0.15) is 17.5 Å². The Hall–Kier alpha value is -1.94. The zero-order valence-electron chi connectivity index (χ0n) is 11.6. The van der Waals surface area contributed by atoms with Crippen LogP contribution in [0.15, 0.2) is 42.5 Å². The molecule has 1 unspecified atom stereocenters. The summed E-state index contributed by atoms with van der Waals surface area (Å²) in [6.07, 6.45) is 1.33. The molecule has 110 valence electrons. The van der Waals surface area contributed by atoms with Crippen LogP contribution in [0.2, 0.25) is 0 Å². The molecular weight excluding hydrogens is 272 g/mol. The van der Waals surface area contributed by atoms with Crippen LogP contribution in [-0.2, 0) is 11.8 Å². The predicted octanol–water partition coefficient (Wildman–Crippen LogP) is 3.19. The van der Waals surface area contributed by atoms with Gasteiger partial charge in [0.25, 0.3) is 0 Å². The largest absolute Gasteiger partial charge is 0.493 e. The first-order valence-corrected chi connectivity index (χ1v) is 7.01. The lowest BCUT2D eigenvalue weighted by Crippen LogP contribution is -2.41. The Balaban J connectivity index is 2.00. The third-order valence-electron chi connectivity index (χ3n) is 4.21. The van der Waals surface area contributed by atoms with Crippen molar-refractivity contribution < 1.29 is 13.5 Å². The number of benzene rings is 2. The third kappa shape index (κ3) is 2.51. The van der Waals surface area contributed by atoms with Gasteiger partial charge in [0.1, 0.15) is 5.75 Å². The molecule has 21 heavy (non-hydrogen) atoms. The van der Waals surface area contributed by atoms with Gasteiger partial charge < -0.3 is 10.5 Å². The molecule has 0 bridgehead atoms. The number of ether oxygens (including phenoxy) is 1. The van der Waals surface area contributed by atoms with Crippen LogP contribution in [0.25, 0.3) is 0 Å². The maximum Gasteiger partial charge on any atom is 0.159 e. The molecule has 2 nitrogen and oxygen atoms in total. The van der Waals surface area contributed by atoms with Gasteiger partial charge in [-0.2, -0.15) is 0 Å². The van der Waals surface area contributed by atoms with Crippen molar-refractivity contribution in [3.05, 3.63) is 65.2 Å². The minimum atomic E-state index is -0.826. The highest BCUT2D eigenvalue weighted by molar-refractivity contribution is 5.43. The molecule has 2 aromatic carbocycles. The Morgan fingerprint density at radius 3 is 2.67 bits per heavy atom. The molecule has 1 aliphatic heterocycles. The number of hydrogen-bond acceptors (Lipinski definition) is 2. The van der Waals surface area contributed by atoms with Gasteiger partial charge in [-0.25, -0.2) is 8.78 Å². The Morgan fingerprint density at radius 1 is 1.10 bits per heavy atom. The summed E-state index contributed by atoms with van der Waals surface area (Å²) in [4.78, 5) is 0. The monoisotopic (exact) mass is 289 g/mol. The normalized spacial score (nSPS) is 20.7. The minimum absolute atomic E-state index is 0.293. The number of rotatable bonds is 3. The van der Waals surface area contributed by atoms with Crippen LogP contribution >= 0.6 is 0 Å². The van der Waals surface area contributed by atoms with Crippen molar-refractivity contribution in [3.63, 3.8) is 0 Å². The Morgan fingerprint density at radius 2 is 1.90 bits per heavy atom. The molecule has 0 fully saturated rings. The molecule has 2 N–H and O–H groups in total. The van der Waals surface area contributed by atoms with Crippen LogP contribution < -0.4 is 10.5 Å². The van der Waals surface area contributed by atoms with Gasteiger partial charge in [0.2, 0.25) is 0 Å². The second-order valence-electron chi connectivity index (χ2n) is 5.50. The molecular formula is C17H17F2NO. The second-order valence-corrected chi connectivity index (χ2v) is 5.50. The number of hydrogen-bond donors (Lipinski definition) is 1. The molecule has 4 heteroatoms. The Bertz CT molecular complexity index is 659. The molecule has 0 saturated heterocycles. The summed E-state index contributed by atoms with van der Waals surface area (Å²) in [7, 11) is 0. The summed E-state index contributed by atoms with van der Waals surface area (Å²) < 4.78 is 32.2. The van der Waals surface area contributed by atoms with E-state index >= 15 is 0 Å². The molecule has 1 aliphatic rings. The van der Waals surface area contributed by atoms with Crippen LogP contribution in [0, 0.1) is 11.6 Å². The van der Waals surface area contributed by atoms with Crippen molar-refractivity contribution in [1.29, 1.82) is 0 Å². The van der Waals surface area contributed by atoms with Gasteiger partial charge in [0, 0.05) is 17.5 Å². The average Bonchev–Trinajstić information content (AvgIpc) is 2.51. The smallest absolute Gasteiger partial charge is 0.159 e. The van der Waals surface area contributed by atoms with Crippen LogP contribution in [0.5, 0.6) is 5.75 Å². The van der Waals surface area contributed by atoms with Gasteiger partial charge in [-0.15, -0.1) is 0 Å². The summed E-state index contributed by atoms with van der Waals surface area (Å²) in [5, 5.41) is 0. The molecule has 0 spiro atoms. The third-order valence-corrected chi connectivity index (χ3v) is 4.21. The Labute approximate surface area is 122 Å². The molecule has 1 atom stereocenters. The van der Waals surface area contributed by atoms with Crippen LogP contribution in [-0.4, -0.2) is 13.2 Å². The average molecular weight is 289 g/mol. The van der Waals surface area contributed by atoms with Gasteiger partial charge in [-0.3, -0.25) is 0 Å². The fourth-order valence-electron chi connectivity index (χ4n) is 3.03. The van der Waals surface area contributed by atoms with Gasteiger partial charge in [0.05, 0.1) is 6.61 Å². The lowest BCUT2D eigenvalue weighted by Gasteiger charge is -2.38. The Kier molecular flexibility index (Phi) is 3.64. The summed E-state index contributed by atoms with van der Waals surface area (Å²) in [5.41, 5.74) is 7.54. The van der Waals surface area contributed by atoms with Crippen molar-refractivity contribution in [2.24, 2.45) is 5.73 Å². The molecule has 0 aromatic heterocycles. The molecule has 1 heterocycles. The topological polar surface area (TPSA) is 35.2 Å². The molecule has 0 aliphatic carbocycles. The maximum atomic E-state index is 13.4. The van der Waals surface area contributed by atoms with E-state index in [1.165, 1.54) is 12.1 Å². The highest BCUT2D eigenvalue weighted by Gasteiger charge is 2.36. The van der Waals surface area contributed by atoms with Crippen LogP contribution in [0.4, 0.5) is 8.78 Å². The summed E-state index contributed by atoms with van der Waals surface area (Å²) >= 11 is 0. The standard InChI is InChI=1S/C17H17F2NO/c18-14-6-5-12(9-15(14)19)10-17(11-20)7-8-21-16-4-2-1-3-13(16)17/h1-6,9H,7-8,10-11,20H2. The fraction of sp³-hybridized carbons (Fsp3) is 0.294. The van der Waals surface area contributed by atoms with Crippen LogP contribution in [0.3, 0.4) is 0 Å². The van der Waals surface area contributed by atoms with E-state index in [9.17, 15) is 8.78 Å². The summed E-state index contributed by atoms with van der Waals surface area (Å²) in [5.74, 6) is -0.815. The SMILES string of the molecule is NCC1(Cc2ccc(F)c(F)c2)CCOc2ccccc21. The highest BCUT2D eigenvalue weighted by atomic mass is 19.2. The first-order valence-electron chi connectivity index (χ1n) is 7.01. The van der Waals surface area contributed by atoms with Crippen molar-refractivity contribution in [3.8, 4) is 5.75 Å². The van der Waals surface area contributed by atoms with E-state index in [0.29, 0.717) is 19.6 Å². The number of fused-ring (bicyclic) bond motifs is 1. The quantitative estimate of drug-likeness (QED) is 0.942. The summed E-state index contributed by atoms with van der Waals surface area (Å²) in [6, 6.07) is 11.8. The van der Waals surface area contributed by atoms with E-state index in [0.717, 1.165) is 23.3 Å². The lowest BCUT2D eigenvalue weighted by molar-refractivity contribution is 0.215. The molecule has 2 aromatic rings. The van der Waals surface area contributed by atoms with Crippen molar-refractivity contribution in [2.45, 2.75) is 18.3 Å². The lowest BCUT2D eigenvalue weighted by atomic mass is 9.72. The van der Waals surface area contributed by atoms with E-state index in [-0.39, 0.29) is 5.41 Å². The fourth-order valence-corrected chi connectivity index (χ4v) is 3.03. The number of para-hydroxylation sites is 1. The maximum absolute atomic E-state index is 13.4. The zero-order chi connectivity index (χ0) is 14.9. The first-order chi connectivity index (χ1) is 10.1. The van der Waals surface area contributed by atoms with E-state index in [1.54, 1.807) is 6.07 Å². The van der Waals surface area contributed by atoms with E-state index in [1.807, 2.05) is 24.3 Å². The molecule has 0 saturated carbocycles. The van der Waals surface area contributed by atoms with Gasteiger partial charge in [-0.1, -0.05) is 24.3 Å². The molecule has 0 radical (unpaired) electrons. The number of nitrogens with two attached hydrogens (primary N) is 1. The van der Waals surface area contributed by atoms with E-state index in [2.05, 4.69) is 0 Å². The summed E-state index contributed by atoms with van der Waals surface area (Å²) in [6.45, 7) is 1.02. The van der Waals surface area contributed by atoms with Crippen molar-refractivity contribution >= 4 is 0 Å². The van der Waals surface area contributed by atoms with Gasteiger partial charge in [-0.05, 0) is 36.6 Å². The van der Waals surface area contributed by atoms with E-state index < -0.39 is 11.6 Å². The predicted molar refractivity (Wildman–Crippen MR) is 77.3 cm³/mol. The minimum Gasteiger partial charge on any atom is -0.493 e. The first kappa shape index (κ1) is 14.0.